The molecule has 0 bridgehead atoms. The van der Waals surface area contributed by atoms with E-state index in [0.717, 1.165) is 27.3 Å². The summed E-state index contributed by atoms with van der Waals surface area (Å²) in [6.45, 7) is -0.407. The number of carboxylic acid groups (broad SMARTS) is 1. The lowest BCUT2D eigenvalue weighted by atomic mass is 9.98. The molecule has 34 heavy (non-hydrogen) atoms. The van der Waals surface area contributed by atoms with E-state index in [0.29, 0.717) is 11.3 Å². The molecule has 0 unspecified atom stereocenters. The number of carboxylic acids is 1. The zero-order chi connectivity index (χ0) is 24.1. The molecule has 1 aliphatic rings. The second-order valence-corrected chi connectivity index (χ2v) is 7.89. The smallest absolute Gasteiger partial charge is 0.411 e. The number of carbonyl (C=O) groups is 3. The molecule has 0 atom stereocenters. The minimum absolute atomic E-state index is 0.0175. The lowest BCUT2D eigenvalue weighted by Crippen LogP contribution is -2.30. The highest BCUT2D eigenvalue weighted by atomic mass is 16.7. The third-order valence-corrected chi connectivity index (χ3v) is 5.61. The maximum atomic E-state index is 12.5. The minimum atomic E-state index is -1.17. The van der Waals surface area contributed by atoms with Crippen LogP contribution < -0.4 is 5.32 Å². The van der Waals surface area contributed by atoms with Crippen molar-refractivity contribution in [1.82, 2.24) is 5.06 Å². The molecule has 0 aromatic heterocycles. The summed E-state index contributed by atoms with van der Waals surface area (Å²) >= 11 is 0. The number of fused-ring (bicyclic) bond motifs is 3. The largest absolute Gasteiger partial charge is 0.479 e. The molecule has 0 aliphatic heterocycles. The third kappa shape index (κ3) is 5.24. The van der Waals surface area contributed by atoms with E-state index in [9.17, 15) is 14.4 Å². The van der Waals surface area contributed by atoms with Gasteiger partial charge in [0.15, 0.2) is 6.61 Å². The van der Waals surface area contributed by atoms with Crippen molar-refractivity contribution in [1.29, 1.82) is 0 Å². The number of likely N-dealkylation sites (N-methyl/N-ethyl adjacent to an activating group) is 1. The third-order valence-electron chi connectivity index (χ3n) is 5.61. The van der Waals surface area contributed by atoms with Crippen LogP contribution in [0.2, 0.25) is 0 Å². The van der Waals surface area contributed by atoms with Gasteiger partial charge in [-0.05, 0) is 39.9 Å². The molecule has 2 N–H and O–H groups in total. The van der Waals surface area contributed by atoms with Crippen molar-refractivity contribution >= 4 is 23.7 Å². The Bertz CT molecular complexity index is 1180. The normalized spacial score (nSPS) is 11.9. The van der Waals surface area contributed by atoms with E-state index in [1.165, 1.54) is 7.05 Å². The standard InChI is InChI=1S/C26H24N2O6/c1-28(34-16-25(30)31)24(29)14-17-7-6-8-18(13-17)27-26(32)33-15-23-21-11-4-2-9-19(21)20-10-3-5-12-22(20)23/h2-13,23H,14-16H2,1H3,(H,27,32)(H,30,31). The molecule has 2 amide bonds. The van der Waals surface area contributed by atoms with Crippen molar-refractivity contribution in [2.24, 2.45) is 0 Å². The van der Waals surface area contributed by atoms with Crippen LogP contribution in [0.1, 0.15) is 22.6 Å². The van der Waals surface area contributed by atoms with Gasteiger partial charge in [-0.2, -0.15) is 0 Å². The van der Waals surface area contributed by atoms with Crippen molar-refractivity contribution in [3.05, 3.63) is 89.5 Å². The Morgan fingerprint density at radius 2 is 1.59 bits per heavy atom. The van der Waals surface area contributed by atoms with Crippen LogP contribution in [0.25, 0.3) is 11.1 Å². The van der Waals surface area contributed by atoms with Crippen LogP contribution >= 0.6 is 0 Å². The summed E-state index contributed by atoms with van der Waals surface area (Å²) in [6, 6.07) is 23.0. The molecule has 3 aromatic rings. The molecule has 0 fully saturated rings. The fourth-order valence-electron chi connectivity index (χ4n) is 4.02. The van der Waals surface area contributed by atoms with Crippen LogP contribution in [0.3, 0.4) is 0 Å². The first-order valence-corrected chi connectivity index (χ1v) is 10.7. The molecule has 0 saturated carbocycles. The average Bonchev–Trinajstić information content (AvgIpc) is 3.15. The number of hydroxylamine groups is 2. The Labute approximate surface area is 196 Å². The number of nitrogens with zero attached hydrogens (tertiary/aromatic N) is 1. The number of hydrogen-bond donors (Lipinski definition) is 2. The van der Waals surface area contributed by atoms with Crippen LogP contribution in [-0.4, -0.2) is 48.4 Å². The van der Waals surface area contributed by atoms with Crippen molar-refractivity contribution in [2.45, 2.75) is 12.3 Å². The van der Waals surface area contributed by atoms with Gasteiger partial charge in [0, 0.05) is 18.7 Å². The van der Waals surface area contributed by atoms with Crippen molar-refractivity contribution in [3.8, 4) is 11.1 Å². The Morgan fingerprint density at radius 1 is 0.941 bits per heavy atom. The summed E-state index contributed by atoms with van der Waals surface area (Å²) in [7, 11) is 1.35. The van der Waals surface area contributed by atoms with Gasteiger partial charge in [0.2, 0.25) is 5.91 Å². The van der Waals surface area contributed by atoms with Gasteiger partial charge >= 0.3 is 12.1 Å². The maximum Gasteiger partial charge on any atom is 0.411 e. The SMILES string of the molecule is CN(OCC(=O)O)C(=O)Cc1cccc(NC(=O)OCC2c3ccccc3-c3ccccc32)c1. The van der Waals surface area contributed by atoms with Crippen molar-refractivity contribution in [3.63, 3.8) is 0 Å². The van der Waals surface area contributed by atoms with Crippen LogP contribution in [-0.2, 0) is 25.6 Å². The predicted octanol–water partition coefficient (Wildman–Crippen LogP) is 4.06. The van der Waals surface area contributed by atoms with Crippen LogP contribution in [0.5, 0.6) is 0 Å². The predicted molar refractivity (Wildman–Crippen MR) is 125 cm³/mol. The quantitative estimate of drug-likeness (QED) is 0.491. The Kier molecular flexibility index (Phi) is 6.89. The number of rotatable bonds is 8. The fraction of sp³-hybridized carbons (Fsp3) is 0.192. The van der Waals surface area contributed by atoms with E-state index in [1.54, 1.807) is 24.3 Å². The molecule has 8 heteroatoms. The molecule has 0 heterocycles. The number of hydrogen-bond acceptors (Lipinski definition) is 5. The molecule has 3 aromatic carbocycles. The number of amides is 2. The van der Waals surface area contributed by atoms with E-state index in [1.807, 2.05) is 24.3 Å². The van der Waals surface area contributed by atoms with Gasteiger partial charge in [0.25, 0.3) is 0 Å². The number of nitrogens with one attached hydrogen (secondary N) is 1. The highest BCUT2D eigenvalue weighted by Gasteiger charge is 2.29. The van der Waals surface area contributed by atoms with Crippen LogP contribution in [0.4, 0.5) is 10.5 Å². The summed E-state index contributed by atoms with van der Waals surface area (Å²) < 4.78 is 5.56. The first kappa shape index (κ1) is 23.0. The lowest BCUT2D eigenvalue weighted by Gasteiger charge is -2.16. The molecule has 4 rings (SSSR count). The zero-order valence-corrected chi connectivity index (χ0v) is 18.6. The van der Waals surface area contributed by atoms with Gasteiger partial charge < -0.3 is 9.84 Å². The Hall–Kier alpha value is -4.17. The summed E-state index contributed by atoms with van der Waals surface area (Å²) in [5, 5.41) is 12.2. The minimum Gasteiger partial charge on any atom is -0.479 e. The Balaban J connectivity index is 1.35. The number of carbonyl (C=O) groups excluding carboxylic acids is 2. The molecule has 0 spiro atoms. The van der Waals surface area contributed by atoms with Gasteiger partial charge in [-0.25, -0.2) is 14.7 Å². The highest BCUT2D eigenvalue weighted by molar-refractivity contribution is 5.86. The molecular formula is C26H24N2O6. The van der Waals surface area contributed by atoms with E-state index in [2.05, 4.69) is 29.6 Å². The topological polar surface area (TPSA) is 105 Å². The van der Waals surface area contributed by atoms with Crippen LogP contribution in [0, 0.1) is 0 Å². The van der Waals surface area contributed by atoms with Gasteiger partial charge in [-0.3, -0.25) is 14.9 Å². The summed E-state index contributed by atoms with van der Waals surface area (Å²) in [5.74, 6) is -1.63. The van der Waals surface area contributed by atoms with Crippen LogP contribution in [0.15, 0.2) is 72.8 Å². The Morgan fingerprint density at radius 3 is 2.24 bits per heavy atom. The average molecular weight is 460 g/mol. The maximum absolute atomic E-state index is 12.5. The number of anilines is 1. The van der Waals surface area contributed by atoms with Crippen molar-refractivity contribution in [2.75, 3.05) is 25.6 Å². The molecular weight excluding hydrogens is 436 g/mol. The van der Waals surface area contributed by atoms with Gasteiger partial charge in [0.05, 0.1) is 6.42 Å². The van der Waals surface area contributed by atoms with E-state index >= 15 is 0 Å². The van der Waals surface area contributed by atoms with Gasteiger partial charge in [-0.15, -0.1) is 0 Å². The lowest BCUT2D eigenvalue weighted by molar-refractivity contribution is -0.185. The van der Waals surface area contributed by atoms with E-state index < -0.39 is 24.6 Å². The highest BCUT2D eigenvalue weighted by Crippen LogP contribution is 2.44. The first-order valence-electron chi connectivity index (χ1n) is 10.7. The summed E-state index contributed by atoms with van der Waals surface area (Å²) in [6.07, 6.45) is -0.608. The second kappa shape index (κ2) is 10.2. The van der Waals surface area contributed by atoms with Crippen molar-refractivity contribution < 1.29 is 29.1 Å². The molecule has 174 valence electrons. The van der Waals surface area contributed by atoms with E-state index in [-0.39, 0.29) is 18.9 Å². The monoisotopic (exact) mass is 460 g/mol. The van der Waals surface area contributed by atoms with Gasteiger partial charge in [-0.1, -0.05) is 60.7 Å². The van der Waals surface area contributed by atoms with Gasteiger partial charge in [0.1, 0.15) is 6.61 Å². The first-order chi connectivity index (χ1) is 16.4. The number of aliphatic carboxylic acids is 1. The summed E-state index contributed by atoms with van der Waals surface area (Å²) in [5.41, 5.74) is 5.69. The fourth-order valence-corrected chi connectivity index (χ4v) is 4.02. The molecule has 0 radical (unpaired) electrons. The second-order valence-electron chi connectivity index (χ2n) is 7.89. The molecule has 1 aliphatic carbocycles. The number of ether oxygens (including phenoxy) is 1. The molecule has 8 nitrogen and oxygen atoms in total. The molecule has 0 saturated heterocycles. The summed E-state index contributed by atoms with van der Waals surface area (Å²) in [4.78, 5) is 40.1. The van der Waals surface area contributed by atoms with E-state index in [4.69, 9.17) is 14.7 Å². The zero-order valence-electron chi connectivity index (χ0n) is 18.6. The number of benzene rings is 3.